The van der Waals surface area contributed by atoms with Crippen LogP contribution in [0, 0.1) is 0 Å². The van der Waals surface area contributed by atoms with Crippen molar-refractivity contribution in [3.8, 4) is 0 Å². The molecule has 0 aromatic heterocycles. The molecule has 1 N–H and O–H groups in total. The molecule has 2 nitrogen and oxygen atoms in total. The molecule has 98 valence electrons. The Morgan fingerprint density at radius 2 is 2.06 bits per heavy atom. The highest BCUT2D eigenvalue weighted by molar-refractivity contribution is 9.10. The van der Waals surface area contributed by atoms with Gasteiger partial charge in [0.25, 0.3) is 5.91 Å². The summed E-state index contributed by atoms with van der Waals surface area (Å²) in [5.41, 5.74) is 0.494. The quantitative estimate of drug-likeness (QED) is 0.748. The van der Waals surface area contributed by atoms with Crippen LogP contribution in [-0.4, -0.2) is 16.8 Å². The number of amides is 1. The largest absolute Gasteiger partial charge is 0.346 e. The molecule has 1 amide bonds. The number of halogens is 3. The Labute approximate surface area is 129 Å². The molecule has 0 radical (unpaired) electrons. The van der Waals surface area contributed by atoms with Gasteiger partial charge in [0.15, 0.2) is 0 Å². The molecular weight excluding hydrogens is 381 g/mol. The van der Waals surface area contributed by atoms with Gasteiger partial charge < -0.3 is 5.32 Å². The fourth-order valence-electron chi connectivity index (χ4n) is 2.32. The van der Waals surface area contributed by atoms with Crippen LogP contribution in [0.4, 0.5) is 0 Å². The Balaban J connectivity index is 2.18. The van der Waals surface area contributed by atoms with Crippen LogP contribution in [0.15, 0.2) is 22.7 Å². The highest BCUT2D eigenvalue weighted by Crippen LogP contribution is 2.32. The molecule has 0 saturated heterocycles. The number of hydrogen-bond donors (Lipinski definition) is 1. The first-order chi connectivity index (χ1) is 8.56. The van der Waals surface area contributed by atoms with Crippen molar-refractivity contribution >= 4 is 49.4 Å². The van der Waals surface area contributed by atoms with E-state index in [2.05, 4.69) is 37.2 Å². The minimum atomic E-state index is -0.0984. The van der Waals surface area contributed by atoms with Gasteiger partial charge in [-0.25, -0.2) is 0 Å². The van der Waals surface area contributed by atoms with Gasteiger partial charge in [0, 0.05) is 14.8 Å². The van der Waals surface area contributed by atoms with E-state index in [9.17, 15) is 4.79 Å². The molecule has 0 spiro atoms. The van der Waals surface area contributed by atoms with E-state index in [1.165, 1.54) is 12.8 Å². The van der Waals surface area contributed by atoms with Crippen molar-refractivity contribution in [3.63, 3.8) is 0 Å². The minimum absolute atomic E-state index is 0.0641. The predicted octanol–water partition coefficient (Wildman–Crippen LogP) is 4.54. The first kappa shape index (κ1) is 14.4. The highest BCUT2D eigenvalue weighted by atomic mass is 79.9. The van der Waals surface area contributed by atoms with E-state index in [0.717, 1.165) is 22.6 Å². The zero-order valence-corrected chi connectivity index (χ0v) is 13.7. The molecule has 1 saturated carbocycles. The highest BCUT2D eigenvalue weighted by Gasteiger charge is 2.34. The van der Waals surface area contributed by atoms with E-state index in [1.54, 1.807) is 18.2 Å². The summed E-state index contributed by atoms with van der Waals surface area (Å²) in [7, 11) is 0. The third-order valence-corrected chi connectivity index (χ3v) is 5.37. The number of benzene rings is 1. The monoisotopic (exact) mass is 393 g/mol. The lowest BCUT2D eigenvalue weighted by molar-refractivity contribution is 0.0909. The molecule has 0 unspecified atom stereocenters. The van der Waals surface area contributed by atoms with E-state index in [-0.39, 0.29) is 11.4 Å². The molecule has 0 atom stereocenters. The Morgan fingerprint density at radius 3 is 2.67 bits per heavy atom. The second kappa shape index (κ2) is 5.93. The van der Waals surface area contributed by atoms with Gasteiger partial charge in [-0.05, 0) is 47.0 Å². The second-order valence-corrected chi connectivity index (χ2v) is 6.55. The fraction of sp³-hybridized carbons (Fsp3) is 0.462. The summed E-state index contributed by atoms with van der Waals surface area (Å²) in [5.74, 6) is -0.0641. The topological polar surface area (TPSA) is 29.1 Å². The van der Waals surface area contributed by atoms with Crippen LogP contribution in [0.3, 0.4) is 0 Å². The third-order valence-electron chi connectivity index (χ3n) is 3.37. The zero-order valence-electron chi connectivity index (χ0n) is 9.81. The summed E-state index contributed by atoms with van der Waals surface area (Å²) in [6.45, 7) is 0. The molecule has 18 heavy (non-hydrogen) atoms. The van der Waals surface area contributed by atoms with E-state index >= 15 is 0 Å². The number of nitrogens with one attached hydrogen (secondary N) is 1. The second-order valence-electron chi connectivity index (χ2n) is 4.70. The van der Waals surface area contributed by atoms with Crippen molar-refractivity contribution < 1.29 is 4.79 Å². The van der Waals surface area contributed by atoms with Crippen molar-refractivity contribution in [2.45, 2.75) is 31.2 Å². The van der Waals surface area contributed by atoms with Gasteiger partial charge in [-0.15, -0.1) is 0 Å². The first-order valence-electron chi connectivity index (χ1n) is 5.90. The van der Waals surface area contributed by atoms with Crippen LogP contribution >= 0.6 is 43.5 Å². The number of carbonyl (C=O) groups is 1. The van der Waals surface area contributed by atoms with Gasteiger partial charge in [0.1, 0.15) is 0 Å². The van der Waals surface area contributed by atoms with Gasteiger partial charge in [-0.3, -0.25) is 4.79 Å². The van der Waals surface area contributed by atoms with Crippen molar-refractivity contribution in [2.75, 3.05) is 5.33 Å². The lowest BCUT2D eigenvalue weighted by Crippen LogP contribution is -2.47. The Morgan fingerprint density at radius 1 is 1.39 bits per heavy atom. The van der Waals surface area contributed by atoms with E-state index in [0.29, 0.717) is 10.6 Å². The normalized spacial score (nSPS) is 17.7. The molecule has 1 aliphatic carbocycles. The molecule has 5 heteroatoms. The van der Waals surface area contributed by atoms with Crippen LogP contribution in [0.1, 0.15) is 36.0 Å². The summed E-state index contributed by atoms with van der Waals surface area (Å²) in [6, 6.07) is 5.25. The van der Waals surface area contributed by atoms with Gasteiger partial charge in [0.05, 0.1) is 11.1 Å². The number of hydrogen-bond acceptors (Lipinski definition) is 1. The van der Waals surface area contributed by atoms with Gasteiger partial charge in [0.2, 0.25) is 0 Å². The summed E-state index contributed by atoms with van der Waals surface area (Å²) < 4.78 is 0.770. The molecule has 1 aromatic rings. The maximum atomic E-state index is 12.3. The smallest absolute Gasteiger partial charge is 0.252 e. The Hall–Kier alpha value is -0.0600. The lowest BCUT2D eigenvalue weighted by Gasteiger charge is -2.28. The zero-order chi connectivity index (χ0) is 13.2. The Bertz CT molecular complexity index is 458. The number of alkyl halides is 1. The van der Waals surface area contributed by atoms with E-state index < -0.39 is 0 Å². The van der Waals surface area contributed by atoms with Gasteiger partial charge in [-0.2, -0.15) is 0 Å². The first-order valence-corrected chi connectivity index (χ1v) is 8.19. The summed E-state index contributed by atoms with van der Waals surface area (Å²) in [6.07, 6.45) is 4.40. The molecule has 0 aliphatic heterocycles. The van der Waals surface area contributed by atoms with Crippen LogP contribution in [0.25, 0.3) is 0 Å². The van der Waals surface area contributed by atoms with Crippen LogP contribution in [-0.2, 0) is 0 Å². The summed E-state index contributed by atoms with van der Waals surface area (Å²) in [5, 5.41) is 4.52. The van der Waals surface area contributed by atoms with Crippen molar-refractivity contribution in [3.05, 3.63) is 33.3 Å². The third kappa shape index (κ3) is 3.09. The van der Waals surface area contributed by atoms with Crippen molar-refractivity contribution in [1.82, 2.24) is 5.32 Å². The standard InChI is InChI=1S/C13H14Br2ClNO/c14-8-13(5-1-2-6-13)17-12(18)10-7-9(16)3-4-11(10)15/h3-4,7H,1-2,5-6,8H2,(H,17,18). The molecule has 1 aromatic carbocycles. The average Bonchev–Trinajstić information content (AvgIpc) is 2.81. The average molecular weight is 396 g/mol. The molecule has 0 heterocycles. The van der Waals surface area contributed by atoms with Gasteiger partial charge in [-0.1, -0.05) is 40.4 Å². The van der Waals surface area contributed by atoms with E-state index in [1.807, 2.05) is 0 Å². The predicted molar refractivity (Wildman–Crippen MR) is 81.6 cm³/mol. The maximum absolute atomic E-state index is 12.3. The molecule has 2 rings (SSSR count). The molecule has 1 fully saturated rings. The van der Waals surface area contributed by atoms with E-state index in [4.69, 9.17) is 11.6 Å². The van der Waals surface area contributed by atoms with Crippen LogP contribution < -0.4 is 5.32 Å². The number of carbonyl (C=O) groups excluding carboxylic acids is 1. The van der Waals surface area contributed by atoms with Gasteiger partial charge >= 0.3 is 0 Å². The summed E-state index contributed by atoms with van der Waals surface area (Å²) >= 11 is 12.8. The SMILES string of the molecule is O=C(NC1(CBr)CCCC1)c1cc(Cl)ccc1Br. The van der Waals surface area contributed by atoms with Crippen LogP contribution in [0.2, 0.25) is 5.02 Å². The van der Waals surface area contributed by atoms with Crippen LogP contribution in [0.5, 0.6) is 0 Å². The maximum Gasteiger partial charge on any atom is 0.252 e. The Kier molecular flexibility index (Phi) is 4.73. The minimum Gasteiger partial charge on any atom is -0.346 e. The lowest BCUT2D eigenvalue weighted by atomic mass is 10.00. The molecule has 0 bridgehead atoms. The summed E-state index contributed by atoms with van der Waals surface area (Å²) in [4.78, 5) is 12.3. The van der Waals surface area contributed by atoms with Crippen molar-refractivity contribution in [1.29, 1.82) is 0 Å². The number of rotatable bonds is 3. The fourth-order valence-corrected chi connectivity index (χ4v) is 3.62. The molecular formula is C13H14Br2ClNO. The van der Waals surface area contributed by atoms with Crippen molar-refractivity contribution in [2.24, 2.45) is 0 Å². The molecule has 1 aliphatic rings.